The van der Waals surface area contributed by atoms with Gasteiger partial charge in [0.05, 0.1) is 42.7 Å². The molecule has 0 saturated carbocycles. The third-order valence-electron chi connectivity index (χ3n) is 8.52. The van der Waals surface area contributed by atoms with Crippen molar-refractivity contribution in [1.29, 1.82) is 0 Å². The number of nitrogens with zero attached hydrogens (tertiary/aromatic N) is 4. The van der Waals surface area contributed by atoms with Crippen molar-refractivity contribution in [2.75, 3.05) is 0 Å². The summed E-state index contributed by atoms with van der Waals surface area (Å²) in [5, 5.41) is 4.33. The highest BCUT2D eigenvalue weighted by molar-refractivity contribution is 7.22. The van der Waals surface area contributed by atoms with Crippen molar-refractivity contribution in [3.8, 4) is 38.3 Å². The lowest BCUT2D eigenvalue weighted by Gasteiger charge is -2.12. The van der Waals surface area contributed by atoms with E-state index in [4.69, 9.17) is 19.4 Å². The molecule has 0 radical (unpaired) electrons. The van der Waals surface area contributed by atoms with E-state index in [2.05, 4.69) is 95.6 Å². The summed E-state index contributed by atoms with van der Waals surface area (Å²) in [6.07, 6.45) is 0. The standard InChI is InChI=1S/C39H22N4OS2/c1-5-13-31(25(9-1)37-40-28-10-2-6-14-34(28)44-37)43-32-19-17-23(38-41-29-11-3-7-15-35(29)45-38)21-26(32)27-22-24(18-20-33(27)43)39-42-30-12-4-8-16-36(30)46-39/h1-22H. The maximum Gasteiger partial charge on any atom is 0.229 e. The van der Waals surface area contributed by atoms with Crippen LogP contribution >= 0.6 is 22.7 Å². The normalized spacial score (nSPS) is 11.9. The largest absolute Gasteiger partial charge is 0.436 e. The van der Waals surface area contributed by atoms with E-state index in [1.54, 1.807) is 22.7 Å². The van der Waals surface area contributed by atoms with Gasteiger partial charge in [-0.05, 0) is 84.9 Å². The highest BCUT2D eigenvalue weighted by atomic mass is 32.1. The van der Waals surface area contributed by atoms with E-state index in [9.17, 15) is 0 Å². The number of thiazole rings is 2. The lowest BCUT2D eigenvalue weighted by Crippen LogP contribution is -1.97. The first-order valence-corrected chi connectivity index (χ1v) is 16.7. The van der Waals surface area contributed by atoms with Crippen LogP contribution < -0.4 is 0 Å². The Morgan fingerprint density at radius 2 is 1.04 bits per heavy atom. The van der Waals surface area contributed by atoms with Crippen molar-refractivity contribution in [2.24, 2.45) is 0 Å². The number of aromatic nitrogens is 4. The molecule has 7 heteroatoms. The van der Waals surface area contributed by atoms with Gasteiger partial charge in [0.1, 0.15) is 15.5 Å². The van der Waals surface area contributed by atoms with Crippen LogP contribution in [-0.2, 0) is 0 Å². The van der Waals surface area contributed by atoms with Crippen LogP contribution in [-0.4, -0.2) is 19.5 Å². The summed E-state index contributed by atoms with van der Waals surface area (Å²) in [5.41, 5.74) is 10.0. The number of para-hydroxylation sites is 5. The van der Waals surface area contributed by atoms with Crippen LogP contribution in [0.25, 0.3) is 91.6 Å². The highest BCUT2D eigenvalue weighted by Gasteiger charge is 2.20. The molecule has 6 aromatic carbocycles. The SMILES string of the molecule is c1ccc(-n2c3ccc(-c4nc5ccccc5s4)cc3c3cc(-c4nc5ccccc5s4)ccc32)c(-c2nc3ccccc3o2)c1. The number of benzene rings is 6. The second kappa shape index (κ2) is 9.94. The minimum Gasteiger partial charge on any atom is -0.436 e. The Kier molecular flexibility index (Phi) is 5.55. The fourth-order valence-electron chi connectivity index (χ4n) is 6.38. The third kappa shape index (κ3) is 3.96. The second-order valence-corrected chi connectivity index (χ2v) is 13.3. The number of hydrogen-bond acceptors (Lipinski definition) is 6. The van der Waals surface area contributed by atoms with Crippen molar-refractivity contribution >= 4 is 76.0 Å². The van der Waals surface area contributed by atoms with Gasteiger partial charge in [0.15, 0.2) is 5.58 Å². The summed E-state index contributed by atoms with van der Waals surface area (Å²) in [7, 11) is 0. The van der Waals surface area contributed by atoms with Crippen LogP contribution in [0.1, 0.15) is 0 Å². The molecule has 0 N–H and O–H groups in total. The molecule has 0 aliphatic carbocycles. The lowest BCUT2D eigenvalue weighted by atomic mass is 10.1. The van der Waals surface area contributed by atoms with Gasteiger partial charge < -0.3 is 8.98 Å². The lowest BCUT2D eigenvalue weighted by molar-refractivity contribution is 0.619. The van der Waals surface area contributed by atoms with E-state index >= 15 is 0 Å². The molecular formula is C39H22N4OS2. The fraction of sp³-hybridized carbons (Fsp3) is 0. The Hall–Kier alpha value is -5.63. The molecule has 0 fully saturated rings. The van der Waals surface area contributed by atoms with E-state index in [0.717, 1.165) is 76.3 Å². The number of oxazole rings is 1. The molecular weight excluding hydrogens is 605 g/mol. The zero-order valence-corrected chi connectivity index (χ0v) is 25.8. The van der Waals surface area contributed by atoms with E-state index in [-0.39, 0.29) is 0 Å². The Labute approximate surface area is 270 Å². The zero-order chi connectivity index (χ0) is 30.2. The molecule has 0 amide bonds. The van der Waals surface area contributed by atoms with Crippen LogP contribution in [0.5, 0.6) is 0 Å². The van der Waals surface area contributed by atoms with Crippen LogP contribution in [0.3, 0.4) is 0 Å². The molecule has 216 valence electrons. The summed E-state index contributed by atoms with van der Waals surface area (Å²) >= 11 is 3.45. The molecule has 4 heterocycles. The van der Waals surface area contributed by atoms with Gasteiger partial charge in [-0.25, -0.2) is 15.0 Å². The van der Waals surface area contributed by atoms with Crippen molar-refractivity contribution < 1.29 is 4.42 Å². The summed E-state index contributed by atoms with van der Waals surface area (Å²) in [6.45, 7) is 0. The topological polar surface area (TPSA) is 56.7 Å². The maximum absolute atomic E-state index is 6.29. The van der Waals surface area contributed by atoms with E-state index in [1.165, 1.54) is 9.40 Å². The van der Waals surface area contributed by atoms with Crippen LogP contribution in [0, 0.1) is 0 Å². The van der Waals surface area contributed by atoms with Gasteiger partial charge in [-0.3, -0.25) is 0 Å². The molecule has 5 nitrogen and oxygen atoms in total. The molecule has 10 aromatic rings. The summed E-state index contributed by atoms with van der Waals surface area (Å²) in [5.74, 6) is 0.601. The minimum absolute atomic E-state index is 0.601. The van der Waals surface area contributed by atoms with Gasteiger partial charge in [0.25, 0.3) is 0 Å². The van der Waals surface area contributed by atoms with Gasteiger partial charge in [-0.2, -0.15) is 0 Å². The van der Waals surface area contributed by atoms with E-state index in [0.29, 0.717) is 5.89 Å². The first-order valence-electron chi connectivity index (χ1n) is 15.0. The van der Waals surface area contributed by atoms with Crippen molar-refractivity contribution in [3.05, 3.63) is 133 Å². The highest BCUT2D eigenvalue weighted by Crippen LogP contribution is 2.41. The van der Waals surface area contributed by atoms with Crippen molar-refractivity contribution in [1.82, 2.24) is 19.5 Å². The Bertz CT molecular complexity index is 2550. The van der Waals surface area contributed by atoms with Gasteiger partial charge in [-0.1, -0.05) is 48.5 Å². The van der Waals surface area contributed by atoms with Gasteiger partial charge >= 0.3 is 0 Å². The Morgan fingerprint density at radius 1 is 0.500 bits per heavy atom. The molecule has 0 bridgehead atoms. The summed E-state index contributed by atoms with van der Waals surface area (Å²) < 4.78 is 11.0. The molecule has 0 atom stereocenters. The monoisotopic (exact) mass is 626 g/mol. The first-order chi connectivity index (χ1) is 22.8. The number of hydrogen-bond donors (Lipinski definition) is 0. The van der Waals surface area contributed by atoms with E-state index in [1.807, 2.05) is 42.5 Å². The minimum atomic E-state index is 0.601. The zero-order valence-electron chi connectivity index (χ0n) is 24.2. The van der Waals surface area contributed by atoms with Crippen molar-refractivity contribution in [2.45, 2.75) is 0 Å². The fourth-order valence-corrected chi connectivity index (χ4v) is 8.30. The molecule has 4 aromatic heterocycles. The maximum atomic E-state index is 6.29. The predicted octanol–water partition coefficient (Wildman–Crippen LogP) is 11.1. The third-order valence-corrected chi connectivity index (χ3v) is 10.7. The quantitative estimate of drug-likeness (QED) is 0.195. The Balaban J connectivity index is 1.24. The van der Waals surface area contributed by atoms with Gasteiger partial charge in [0.2, 0.25) is 5.89 Å². The molecule has 0 saturated heterocycles. The molecule has 0 spiro atoms. The van der Waals surface area contributed by atoms with Gasteiger partial charge in [0, 0.05) is 21.9 Å². The molecule has 0 aliphatic heterocycles. The first kappa shape index (κ1) is 25.7. The summed E-state index contributed by atoms with van der Waals surface area (Å²) in [6, 6.07) is 46.3. The average molecular weight is 627 g/mol. The van der Waals surface area contributed by atoms with Crippen LogP contribution in [0.15, 0.2) is 138 Å². The predicted molar refractivity (Wildman–Crippen MR) is 191 cm³/mol. The average Bonchev–Trinajstić information content (AvgIpc) is 3.90. The molecule has 46 heavy (non-hydrogen) atoms. The van der Waals surface area contributed by atoms with Gasteiger partial charge in [-0.15, -0.1) is 22.7 Å². The molecule has 10 rings (SSSR count). The van der Waals surface area contributed by atoms with Crippen LogP contribution in [0.4, 0.5) is 0 Å². The molecule has 0 unspecified atom stereocenters. The smallest absolute Gasteiger partial charge is 0.229 e. The summed E-state index contributed by atoms with van der Waals surface area (Å²) in [4.78, 5) is 14.8. The second-order valence-electron chi connectivity index (χ2n) is 11.3. The number of fused-ring (bicyclic) bond motifs is 6. The van der Waals surface area contributed by atoms with Crippen LogP contribution in [0.2, 0.25) is 0 Å². The Morgan fingerprint density at radius 3 is 1.65 bits per heavy atom. The van der Waals surface area contributed by atoms with Crippen molar-refractivity contribution in [3.63, 3.8) is 0 Å². The molecule has 0 aliphatic rings. The van der Waals surface area contributed by atoms with E-state index < -0.39 is 0 Å². The number of rotatable bonds is 4.